The summed E-state index contributed by atoms with van der Waals surface area (Å²) in [6.07, 6.45) is 6.30. The number of hydrogen-bond donors (Lipinski definition) is 1. The fourth-order valence-corrected chi connectivity index (χ4v) is 2.30. The third-order valence-electron chi connectivity index (χ3n) is 3.45. The summed E-state index contributed by atoms with van der Waals surface area (Å²) in [4.78, 5) is 23.9. The van der Waals surface area contributed by atoms with Crippen molar-refractivity contribution < 1.29 is 9.59 Å². The summed E-state index contributed by atoms with van der Waals surface area (Å²) in [5, 5.41) is 12.5. The molecule has 1 amide bonds. The summed E-state index contributed by atoms with van der Waals surface area (Å²) < 4.78 is 1.96. The van der Waals surface area contributed by atoms with E-state index in [0.29, 0.717) is 0 Å². The fraction of sp³-hybridized carbons (Fsp3) is 0.167. The van der Waals surface area contributed by atoms with E-state index in [2.05, 4.69) is 11.9 Å². The molecule has 1 heterocycles. The van der Waals surface area contributed by atoms with Crippen LogP contribution in [0.2, 0.25) is 0 Å². The van der Waals surface area contributed by atoms with Gasteiger partial charge in [-0.25, -0.2) is 0 Å². The van der Waals surface area contributed by atoms with Crippen LogP contribution in [-0.4, -0.2) is 22.8 Å². The number of fused-ring (bicyclic) bond motifs is 1. The number of hydrogen-bond acceptors (Lipinski definition) is 3. The zero-order chi connectivity index (χ0) is 16.8. The Balaban J connectivity index is 2.21. The molecule has 1 atom stereocenters. The minimum Gasteiger partial charge on any atom is -0.351 e. The van der Waals surface area contributed by atoms with Crippen LogP contribution in [0.25, 0.3) is 17.0 Å². The number of ketones is 1. The first-order valence-electron chi connectivity index (χ1n) is 7.12. The quantitative estimate of drug-likeness (QED) is 0.505. The number of para-hydroxylation sites is 1. The van der Waals surface area contributed by atoms with Gasteiger partial charge in [0.25, 0.3) is 0 Å². The topological polar surface area (TPSA) is 74.9 Å². The molecule has 1 N–H and O–H groups in total. The molecule has 5 nitrogen and oxygen atoms in total. The zero-order valence-corrected chi connectivity index (χ0v) is 12.8. The van der Waals surface area contributed by atoms with E-state index in [1.807, 2.05) is 42.1 Å². The number of carbonyl (C=O) groups excluding carboxylic acids is 2. The van der Waals surface area contributed by atoms with Crippen LogP contribution < -0.4 is 5.32 Å². The highest BCUT2D eigenvalue weighted by molar-refractivity contribution is 6.11. The second kappa shape index (κ2) is 7.23. The maximum Gasteiger partial charge on any atom is 0.245 e. The highest BCUT2D eigenvalue weighted by atomic mass is 16.2. The molecule has 0 radical (unpaired) electrons. The summed E-state index contributed by atoms with van der Waals surface area (Å²) in [5.74, 6) is -2.50. The number of allylic oxidation sites excluding steroid dienone is 1. The number of aromatic nitrogens is 1. The molecule has 1 aromatic carbocycles. The predicted molar refractivity (Wildman–Crippen MR) is 89.3 cm³/mol. The Morgan fingerprint density at radius 3 is 2.87 bits per heavy atom. The Kier molecular flexibility index (Phi) is 5.11. The lowest BCUT2D eigenvalue weighted by Crippen LogP contribution is -2.33. The predicted octanol–water partition coefficient (Wildman–Crippen LogP) is 2.20. The molecule has 0 aliphatic carbocycles. The van der Waals surface area contributed by atoms with Gasteiger partial charge in [-0.05, 0) is 18.2 Å². The lowest BCUT2D eigenvalue weighted by molar-refractivity contribution is -0.129. The van der Waals surface area contributed by atoms with Crippen molar-refractivity contribution in [2.24, 2.45) is 13.0 Å². The number of amides is 1. The van der Waals surface area contributed by atoms with Crippen LogP contribution >= 0.6 is 0 Å². The standard InChI is InChI=1S/C18H17N3O2/c1-3-10-20-18(23)15(11-19)17(22)9-8-13-12-21(2)16-7-5-4-6-14(13)16/h3-9,12,15H,1,10H2,2H3,(H,20,23). The third-order valence-corrected chi connectivity index (χ3v) is 3.45. The van der Waals surface area contributed by atoms with Gasteiger partial charge >= 0.3 is 0 Å². The molecule has 0 fully saturated rings. The number of nitrogens with one attached hydrogen (secondary N) is 1. The first-order chi connectivity index (χ1) is 11.1. The van der Waals surface area contributed by atoms with Gasteiger partial charge in [-0.15, -0.1) is 6.58 Å². The summed E-state index contributed by atoms with van der Waals surface area (Å²) in [5.41, 5.74) is 1.90. The fourth-order valence-electron chi connectivity index (χ4n) is 2.30. The number of rotatable bonds is 6. The average Bonchev–Trinajstić information content (AvgIpc) is 2.88. The largest absolute Gasteiger partial charge is 0.351 e. The molecule has 0 aliphatic heterocycles. The van der Waals surface area contributed by atoms with Crippen LogP contribution in [0.4, 0.5) is 0 Å². The Morgan fingerprint density at radius 1 is 1.43 bits per heavy atom. The van der Waals surface area contributed by atoms with Crippen molar-refractivity contribution in [2.75, 3.05) is 6.54 Å². The summed E-state index contributed by atoms with van der Waals surface area (Å²) >= 11 is 0. The smallest absolute Gasteiger partial charge is 0.245 e. The second-order valence-electron chi connectivity index (χ2n) is 5.04. The van der Waals surface area contributed by atoms with Gasteiger partial charge in [0.1, 0.15) is 0 Å². The molecule has 0 bridgehead atoms. The van der Waals surface area contributed by atoms with Crippen LogP contribution in [-0.2, 0) is 16.6 Å². The van der Waals surface area contributed by atoms with E-state index in [0.717, 1.165) is 16.5 Å². The van der Waals surface area contributed by atoms with E-state index >= 15 is 0 Å². The SMILES string of the molecule is C=CCNC(=O)C(C#N)C(=O)C=Cc1cn(C)c2ccccc12. The van der Waals surface area contributed by atoms with E-state index in [9.17, 15) is 9.59 Å². The molecule has 1 aromatic heterocycles. The van der Waals surface area contributed by atoms with Gasteiger partial charge in [-0.1, -0.05) is 24.3 Å². The summed E-state index contributed by atoms with van der Waals surface area (Å²) in [6.45, 7) is 3.69. The number of benzene rings is 1. The van der Waals surface area contributed by atoms with E-state index < -0.39 is 17.6 Å². The Hall–Kier alpha value is -3.13. The minimum absolute atomic E-state index is 0.220. The normalized spacial score (nSPS) is 12.0. The first kappa shape index (κ1) is 16.2. The van der Waals surface area contributed by atoms with Gasteiger partial charge in [-0.2, -0.15) is 5.26 Å². The van der Waals surface area contributed by atoms with Crippen LogP contribution in [0.15, 0.2) is 49.2 Å². The molecule has 23 heavy (non-hydrogen) atoms. The number of aryl methyl sites for hydroxylation is 1. The molecule has 1 unspecified atom stereocenters. The van der Waals surface area contributed by atoms with Crippen LogP contribution in [0, 0.1) is 17.2 Å². The first-order valence-corrected chi connectivity index (χ1v) is 7.12. The molecule has 0 saturated carbocycles. The summed E-state index contributed by atoms with van der Waals surface area (Å²) in [7, 11) is 1.92. The van der Waals surface area contributed by atoms with Crippen molar-refractivity contribution in [3.05, 3.63) is 54.8 Å². The van der Waals surface area contributed by atoms with Crippen LogP contribution in [0.3, 0.4) is 0 Å². The molecule has 0 saturated heterocycles. The van der Waals surface area contributed by atoms with Crippen LogP contribution in [0.5, 0.6) is 0 Å². The van der Waals surface area contributed by atoms with E-state index in [-0.39, 0.29) is 6.54 Å². The zero-order valence-electron chi connectivity index (χ0n) is 12.8. The number of carbonyl (C=O) groups is 2. The molecule has 2 aromatic rings. The molecular weight excluding hydrogens is 290 g/mol. The molecule has 5 heteroatoms. The van der Waals surface area contributed by atoms with Crippen molar-refractivity contribution in [1.29, 1.82) is 5.26 Å². The Bertz CT molecular complexity index is 824. The van der Waals surface area contributed by atoms with E-state index in [1.54, 1.807) is 12.1 Å². The van der Waals surface area contributed by atoms with Crippen molar-refractivity contribution in [1.82, 2.24) is 9.88 Å². The molecule has 116 valence electrons. The van der Waals surface area contributed by atoms with Crippen molar-refractivity contribution >= 4 is 28.7 Å². The minimum atomic E-state index is -1.35. The van der Waals surface area contributed by atoms with Crippen molar-refractivity contribution in [3.63, 3.8) is 0 Å². The highest BCUT2D eigenvalue weighted by Crippen LogP contribution is 2.21. The monoisotopic (exact) mass is 307 g/mol. The highest BCUT2D eigenvalue weighted by Gasteiger charge is 2.23. The Morgan fingerprint density at radius 2 is 2.17 bits per heavy atom. The van der Waals surface area contributed by atoms with Crippen LogP contribution in [0.1, 0.15) is 5.56 Å². The van der Waals surface area contributed by atoms with Crippen molar-refractivity contribution in [3.8, 4) is 6.07 Å². The average molecular weight is 307 g/mol. The molecular formula is C18H17N3O2. The maximum absolute atomic E-state index is 12.1. The maximum atomic E-state index is 12.1. The van der Waals surface area contributed by atoms with E-state index in [1.165, 1.54) is 12.2 Å². The summed E-state index contributed by atoms with van der Waals surface area (Å²) in [6, 6.07) is 9.53. The van der Waals surface area contributed by atoms with Gasteiger partial charge in [0.05, 0.1) is 6.07 Å². The molecule has 0 aliphatic rings. The third kappa shape index (κ3) is 3.55. The molecule has 0 spiro atoms. The Labute approximate surface area is 134 Å². The lowest BCUT2D eigenvalue weighted by Gasteiger charge is -2.05. The van der Waals surface area contributed by atoms with Crippen molar-refractivity contribution in [2.45, 2.75) is 0 Å². The van der Waals surface area contributed by atoms with Gasteiger partial charge in [0, 0.05) is 36.3 Å². The van der Waals surface area contributed by atoms with Gasteiger partial charge in [0.15, 0.2) is 11.7 Å². The molecule has 2 rings (SSSR count). The van der Waals surface area contributed by atoms with Gasteiger partial charge < -0.3 is 9.88 Å². The van der Waals surface area contributed by atoms with E-state index in [4.69, 9.17) is 5.26 Å². The van der Waals surface area contributed by atoms with Gasteiger partial charge in [0.2, 0.25) is 5.91 Å². The number of nitriles is 1. The number of nitrogens with zero attached hydrogens (tertiary/aromatic N) is 2. The lowest BCUT2D eigenvalue weighted by atomic mass is 10.0. The van der Waals surface area contributed by atoms with Gasteiger partial charge in [-0.3, -0.25) is 9.59 Å². The second-order valence-corrected chi connectivity index (χ2v) is 5.04.